The monoisotopic (exact) mass is 250 g/mol. The molecule has 5 nitrogen and oxygen atoms in total. The van der Waals surface area contributed by atoms with E-state index in [0.717, 1.165) is 19.4 Å². The fraction of sp³-hybridized carbons (Fsp3) is 0.692. The summed E-state index contributed by atoms with van der Waals surface area (Å²) in [6.07, 6.45) is 6.27. The number of aromatic nitrogens is 2. The molecule has 1 heterocycles. The first-order chi connectivity index (χ1) is 8.83. The fourth-order valence-electron chi connectivity index (χ4n) is 2.37. The molecule has 18 heavy (non-hydrogen) atoms. The predicted molar refractivity (Wildman–Crippen MR) is 71.6 cm³/mol. The van der Waals surface area contributed by atoms with Crippen LogP contribution in [0.1, 0.15) is 32.6 Å². The Morgan fingerprint density at radius 2 is 2.39 bits per heavy atom. The van der Waals surface area contributed by atoms with Crippen LogP contribution in [0.4, 0.5) is 5.95 Å². The minimum absolute atomic E-state index is 0.399. The summed E-state index contributed by atoms with van der Waals surface area (Å²) in [7, 11) is 0. The van der Waals surface area contributed by atoms with Crippen molar-refractivity contribution in [2.75, 3.05) is 18.5 Å². The molecule has 0 aliphatic heterocycles. The van der Waals surface area contributed by atoms with Gasteiger partial charge in [-0.05, 0) is 31.7 Å². The van der Waals surface area contributed by atoms with Crippen LogP contribution in [0.5, 0.6) is 5.88 Å². The van der Waals surface area contributed by atoms with Crippen molar-refractivity contribution in [3.63, 3.8) is 0 Å². The van der Waals surface area contributed by atoms with Crippen LogP contribution in [0.25, 0.3) is 0 Å². The number of hydrogen-bond acceptors (Lipinski definition) is 5. The molecule has 2 rings (SSSR count). The Bertz CT molecular complexity index is 372. The standard InChI is InChI=1S/C13H22N4O/c1-2-8-18-12-6-7-15-13(17-12)16-11-5-3-4-10(11)9-14/h6-7,10-11H,2-5,8-9,14H2,1H3,(H,15,16,17). The molecule has 0 bridgehead atoms. The van der Waals surface area contributed by atoms with E-state index in [0.29, 0.717) is 30.4 Å². The second kappa shape index (κ2) is 6.54. The van der Waals surface area contributed by atoms with Gasteiger partial charge in [0.1, 0.15) is 0 Å². The summed E-state index contributed by atoms with van der Waals surface area (Å²) in [5.41, 5.74) is 5.77. The molecule has 1 aliphatic carbocycles. The van der Waals surface area contributed by atoms with E-state index in [9.17, 15) is 0 Å². The highest BCUT2D eigenvalue weighted by atomic mass is 16.5. The maximum atomic E-state index is 5.77. The number of anilines is 1. The number of nitrogens with two attached hydrogens (primary N) is 1. The van der Waals surface area contributed by atoms with Crippen LogP contribution in [0.2, 0.25) is 0 Å². The van der Waals surface area contributed by atoms with E-state index >= 15 is 0 Å². The van der Waals surface area contributed by atoms with Crippen molar-refractivity contribution < 1.29 is 4.74 Å². The Hall–Kier alpha value is -1.36. The van der Waals surface area contributed by atoms with Crippen molar-refractivity contribution in [2.45, 2.75) is 38.6 Å². The largest absolute Gasteiger partial charge is 0.478 e. The van der Waals surface area contributed by atoms with E-state index in [1.807, 2.05) is 0 Å². The van der Waals surface area contributed by atoms with Crippen molar-refractivity contribution in [3.8, 4) is 5.88 Å². The first-order valence-electron chi connectivity index (χ1n) is 6.76. The van der Waals surface area contributed by atoms with Crippen LogP contribution in [-0.4, -0.2) is 29.2 Å². The Labute approximate surface area is 108 Å². The third kappa shape index (κ3) is 3.32. The fourth-order valence-corrected chi connectivity index (χ4v) is 2.37. The molecular formula is C13H22N4O. The summed E-state index contributed by atoms with van der Waals surface area (Å²) in [6, 6.07) is 2.19. The van der Waals surface area contributed by atoms with Crippen molar-refractivity contribution in [3.05, 3.63) is 12.3 Å². The number of rotatable bonds is 6. The Morgan fingerprint density at radius 3 is 3.17 bits per heavy atom. The van der Waals surface area contributed by atoms with E-state index in [2.05, 4.69) is 22.2 Å². The van der Waals surface area contributed by atoms with E-state index in [1.54, 1.807) is 12.3 Å². The maximum absolute atomic E-state index is 5.77. The lowest BCUT2D eigenvalue weighted by molar-refractivity contribution is 0.305. The first-order valence-corrected chi connectivity index (χ1v) is 6.76. The van der Waals surface area contributed by atoms with E-state index in [4.69, 9.17) is 10.5 Å². The smallest absolute Gasteiger partial charge is 0.226 e. The molecule has 2 atom stereocenters. The first kappa shape index (κ1) is 13.1. The molecule has 1 aromatic rings. The highest BCUT2D eigenvalue weighted by Gasteiger charge is 2.26. The lowest BCUT2D eigenvalue weighted by atomic mass is 10.0. The zero-order chi connectivity index (χ0) is 12.8. The SMILES string of the molecule is CCCOc1ccnc(NC2CCCC2CN)n1. The molecule has 1 saturated carbocycles. The van der Waals surface area contributed by atoms with Gasteiger partial charge in [0.05, 0.1) is 6.61 Å². The number of nitrogens with zero attached hydrogens (tertiary/aromatic N) is 2. The van der Waals surface area contributed by atoms with Crippen LogP contribution >= 0.6 is 0 Å². The van der Waals surface area contributed by atoms with Crippen molar-refractivity contribution in [1.82, 2.24) is 9.97 Å². The van der Waals surface area contributed by atoms with Crippen LogP contribution in [0, 0.1) is 5.92 Å². The quantitative estimate of drug-likeness (QED) is 0.805. The van der Waals surface area contributed by atoms with Crippen LogP contribution < -0.4 is 15.8 Å². The average molecular weight is 250 g/mol. The van der Waals surface area contributed by atoms with E-state index in [1.165, 1.54) is 12.8 Å². The minimum Gasteiger partial charge on any atom is -0.478 e. The molecule has 2 unspecified atom stereocenters. The third-order valence-corrected chi connectivity index (χ3v) is 3.36. The lowest BCUT2D eigenvalue weighted by Crippen LogP contribution is -2.30. The predicted octanol–water partition coefficient (Wildman–Crippen LogP) is 1.80. The van der Waals surface area contributed by atoms with Gasteiger partial charge in [-0.2, -0.15) is 4.98 Å². The molecule has 100 valence electrons. The number of nitrogens with one attached hydrogen (secondary N) is 1. The zero-order valence-corrected chi connectivity index (χ0v) is 10.9. The lowest BCUT2D eigenvalue weighted by Gasteiger charge is -2.19. The minimum atomic E-state index is 0.399. The van der Waals surface area contributed by atoms with E-state index in [-0.39, 0.29) is 0 Å². The van der Waals surface area contributed by atoms with E-state index < -0.39 is 0 Å². The third-order valence-electron chi connectivity index (χ3n) is 3.36. The van der Waals surface area contributed by atoms with Gasteiger partial charge in [-0.3, -0.25) is 0 Å². The summed E-state index contributed by atoms with van der Waals surface area (Å²) in [5.74, 6) is 1.82. The van der Waals surface area contributed by atoms with Gasteiger partial charge >= 0.3 is 0 Å². The molecule has 1 aliphatic rings. The second-order valence-corrected chi connectivity index (χ2v) is 4.74. The van der Waals surface area contributed by atoms with Gasteiger partial charge in [0, 0.05) is 18.3 Å². The van der Waals surface area contributed by atoms with Gasteiger partial charge < -0.3 is 15.8 Å². The van der Waals surface area contributed by atoms with Crippen molar-refractivity contribution in [1.29, 1.82) is 0 Å². The molecule has 5 heteroatoms. The highest BCUT2D eigenvalue weighted by molar-refractivity contribution is 5.29. The molecular weight excluding hydrogens is 228 g/mol. The van der Waals surface area contributed by atoms with Gasteiger partial charge in [0.15, 0.2) is 0 Å². The topological polar surface area (TPSA) is 73.1 Å². The summed E-state index contributed by atoms with van der Waals surface area (Å²) in [4.78, 5) is 8.59. The number of ether oxygens (including phenoxy) is 1. The normalized spacial score (nSPS) is 23.0. The molecule has 1 aromatic heterocycles. The average Bonchev–Trinajstić information content (AvgIpc) is 2.84. The Morgan fingerprint density at radius 1 is 1.50 bits per heavy atom. The molecule has 0 saturated heterocycles. The molecule has 3 N–H and O–H groups in total. The summed E-state index contributed by atoms with van der Waals surface area (Å²) in [6.45, 7) is 3.49. The van der Waals surface area contributed by atoms with Crippen LogP contribution in [0.15, 0.2) is 12.3 Å². The molecule has 0 radical (unpaired) electrons. The molecule has 0 amide bonds. The van der Waals surface area contributed by atoms with Crippen molar-refractivity contribution in [2.24, 2.45) is 11.7 Å². The Balaban J connectivity index is 1.96. The van der Waals surface area contributed by atoms with Gasteiger partial charge in [0.25, 0.3) is 0 Å². The van der Waals surface area contributed by atoms with Crippen LogP contribution in [-0.2, 0) is 0 Å². The molecule has 0 aromatic carbocycles. The van der Waals surface area contributed by atoms with Crippen molar-refractivity contribution >= 4 is 5.95 Å². The highest BCUT2D eigenvalue weighted by Crippen LogP contribution is 2.27. The Kier molecular flexibility index (Phi) is 4.75. The second-order valence-electron chi connectivity index (χ2n) is 4.74. The molecule has 1 fully saturated rings. The maximum Gasteiger partial charge on any atom is 0.226 e. The summed E-state index contributed by atoms with van der Waals surface area (Å²) in [5, 5.41) is 3.38. The number of hydrogen-bond donors (Lipinski definition) is 2. The van der Waals surface area contributed by atoms with Gasteiger partial charge in [0.2, 0.25) is 11.8 Å². The van der Waals surface area contributed by atoms with Crippen LogP contribution in [0.3, 0.4) is 0 Å². The van der Waals surface area contributed by atoms with Gasteiger partial charge in [-0.1, -0.05) is 13.3 Å². The van der Waals surface area contributed by atoms with Gasteiger partial charge in [-0.15, -0.1) is 0 Å². The molecule has 0 spiro atoms. The summed E-state index contributed by atoms with van der Waals surface area (Å²) < 4.78 is 5.50. The zero-order valence-electron chi connectivity index (χ0n) is 10.9. The van der Waals surface area contributed by atoms with Gasteiger partial charge in [-0.25, -0.2) is 4.98 Å². The summed E-state index contributed by atoms with van der Waals surface area (Å²) >= 11 is 0.